The molecule has 0 radical (unpaired) electrons. The van der Waals surface area contributed by atoms with Crippen LogP contribution < -0.4 is 10.5 Å². The van der Waals surface area contributed by atoms with Gasteiger partial charge in [-0.15, -0.1) is 0 Å². The van der Waals surface area contributed by atoms with Crippen LogP contribution in [-0.4, -0.2) is 4.98 Å². The summed E-state index contributed by atoms with van der Waals surface area (Å²) in [5.41, 5.74) is 8.27. The molecule has 0 aliphatic heterocycles. The Kier molecular flexibility index (Phi) is 3.44. The van der Waals surface area contributed by atoms with Crippen molar-refractivity contribution in [2.45, 2.75) is 6.61 Å². The summed E-state index contributed by atoms with van der Waals surface area (Å²) in [5.74, 6) is 0.649. The van der Waals surface area contributed by atoms with E-state index >= 15 is 0 Å². The number of aromatic nitrogens is 1. The van der Waals surface area contributed by atoms with Crippen molar-refractivity contribution in [3.05, 3.63) is 65.3 Å². The van der Waals surface area contributed by atoms with Gasteiger partial charge in [-0.2, -0.15) is 0 Å². The molecule has 4 heteroatoms. The van der Waals surface area contributed by atoms with E-state index in [4.69, 9.17) is 22.1 Å². The second-order valence-electron chi connectivity index (χ2n) is 4.44. The highest BCUT2D eigenvalue weighted by molar-refractivity contribution is 6.31. The van der Waals surface area contributed by atoms with Crippen LogP contribution >= 0.6 is 11.6 Å². The van der Waals surface area contributed by atoms with Crippen molar-refractivity contribution in [1.82, 2.24) is 4.98 Å². The molecule has 100 valence electrons. The SMILES string of the molecule is Nc1cnc2ccccc2c1OCc1ccccc1Cl. The zero-order chi connectivity index (χ0) is 13.9. The molecule has 0 atom stereocenters. The smallest absolute Gasteiger partial charge is 0.153 e. The van der Waals surface area contributed by atoms with E-state index in [-0.39, 0.29) is 0 Å². The fraction of sp³-hybridized carbons (Fsp3) is 0.0625. The Bertz CT molecular complexity index is 758. The number of benzene rings is 2. The summed E-state index contributed by atoms with van der Waals surface area (Å²) in [5, 5.41) is 1.59. The monoisotopic (exact) mass is 284 g/mol. The zero-order valence-electron chi connectivity index (χ0n) is 10.7. The lowest BCUT2D eigenvalue weighted by Gasteiger charge is -2.12. The summed E-state index contributed by atoms with van der Waals surface area (Å²) in [6.07, 6.45) is 1.62. The van der Waals surface area contributed by atoms with E-state index < -0.39 is 0 Å². The first kappa shape index (κ1) is 12.8. The van der Waals surface area contributed by atoms with Crippen LogP contribution in [0.1, 0.15) is 5.56 Å². The van der Waals surface area contributed by atoms with Crippen LogP contribution in [0.25, 0.3) is 10.9 Å². The van der Waals surface area contributed by atoms with Crippen molar-refractivity contribution in [3.8, 4) is 5.75 Å². The normalized spacial score (nSPS) is 10.7. The highest BCUT2D eigenvalue weighted by Gasteiger charge is 2.08. The van der Waals surface area contributed by atoms with Gasteiger partial charge in [-0.1, -0.05) is 41.9 Å². The second kappa shape index (κ2) is 5.39. The molecule has 0 unspecified atom stereocenters. The van der Waals surface area contributed by atoms with Crippen LogP contribution in [0, 0.1) is 0 Å². The average molecular weight is 285 g/mol. The van der Waals surface area contributed by atoms with E-state index in [0.717, 1.165) is 16.5 Å². The topological polar surface area (TPSA) is 48.1 Å². The van der Waals surface area contributed by atoms with Gasteiger partial charge in [-0.05, 0) is 18.2 Å². The lowest BCUT2D eigenvalue weighted by atomic mass is 10.2. The molecule has 0 spiro atoms. The first-order valence-corrected chi connectivity index (χ1v) is 6.63. The Morgan fingerprint density at radius 1 is 1.05 bits per heavy atom. The van der Waals surface area contributed by atoms with Gasteiger partial charge >= 0.3 is 0 Å². The number of nitrogens with zero attached hydrogens (tertiary/aromatic N) is 1. The van der Waals surface area contributed by atoms with Crippen molar-refractivity contribution in [2.75, 3.05) is 5.73 Å². The molecular weight excluding hydrogens is 272 g/mol. The summed E-state index contributed by atoms with van der Waals surface area (Å²) in [6, 6.07) is 15.3. The van der Waals surface area contributed by atoms with Crippen LogP contribution in [0.5, 0.6) is 5.75 Å². The number of para-hydroxylation sites is 1. The number of hydrogen-bond donors (Lipinski definition) is 1. The maximum Gasteiger partial charge on any atom is 0.153 e. The molecule has 0 fully saturated rings. The quantitative estimate of drug-likeness (QED) is 0.789. The number of halogens is 1. The molecule has 0 saturated heterocycles. The van der Waals surface area contributed by atoms with Gasteiger partial charge in [0.1, 0.15) is 6.61 Å². The molecule has 0 amide bonds. The largest absolute Gasteiger partial charge is 0.486 e. The zero-order valence-corrected chi connectivity index (χ0v) is 11.5. The Morgan fingerprint density at radius 2 is 1.80 bits per heavy atom. The molecule has 1 aromatic heterocycles. The van der Waals surface area contributed by atoms with E-state index in [9.17, 15) is 0 Å². The minimum absolute atomic E-state index is 0.373. The lowest BCUT2D eigenvalue weighted by molar-refractivity contribution is 0.311. The summed E-state index contributed by atoms with van der Waals surface area (Å²) in [6.45, 7) is 0.373. The van der Waals surface area contributed by atoms with E-state index in [1.165, 1.54) is 0 Å². The van der Waals surface area contributed by atoms with E-state index in [0.29, 0.717) is 23.1 Å². The highest BCUT2D eigenvalue weighted by Crippen LogP contribution is 2.31. The molecule has 0 saturated carbocycles. The van der Waals surface area contributed by atoms with Crippen molar-refractivity contribution in [2.24, 2.45) is 0 Å². The molecule has 3 nitrogen and oxygen atoms in total. The van der Waals surface area contributed by atoms with E-state index in [2.05, 4.69) is 4.98 Å². The van der Waals surface area contributed by atoms with Crippen molar-refractivity contribution >= 4 is 28.2 Å². The minimum Gasteiger partial charge on any atom is -0.486 e. The predicted molar refractivity (Wildman–Crippen MR) is 81.9 cm³/mol. The van der Waals surface area contributed by atoms with Crippen LogP contribution in [-0.2, 0) is 6.61 Å². The van der Waals surface area contributed by atoms with Crippen molar-refractivity contribution in [1.29, 1.82) is 0 Å². The first-order chi connectivity index (χ1) is 9.75. The summed E-state index contributed by atoms with van der Waals surface area (Å²) in [7, 11) is 0. The van der Waals surface area contributed by atoms with E-state index in [1.54, 1.807) is 6.20 Å². The highest BCUT2D eigenvalue weighted by atomic mass is 35.5. The Labute approximate surface area is 122 Å². The predicted octanol–water partition coefficient (Wildman–Crippen LogP) is 4.05. The number of ether oxygens (including phenoxy) is 1. The Balaban J connectivity index is 1.95. The second-order valence-corrected chi connectivity index (χ2v) is 4.85. The molecule has 2 aromatic carbocycles. The molecule has 0 bridgehead atoms. The summed E-state index contributed by atoms with van der Waals surface area (Å²) >= 11 is 6.12. The molecule has 2 N–H and O–H groups in total. The molecule has 0 aliphatic rings. The molecule has 3 rings (SSSR count). The number of anilines is 1. The Morgan fingerprint density at radius 3 is 2.65 bits per heavy atom. The van der Waals surface area contributed by atoms with Gasteiger partial charge in [-0.3, -0.25) is 4.98 Å². The molecule has 0 aliphatic carbocycles. The molecule has 3 aromatic rings. The van der Waals surface area contributed by atoms with Crippen LogP contribution in [0.3, 0.4) is 0 Å². The third-order valence-corrected chi connectivity index (χ3v) is 3.45. The van der Waals surface area contributed by atoms with Gasteiger partial charge in [0.25, 0.3) is 0 Å². The van der Waals surface area contributed by atoms with Crippen LogP contribution in [0.4, 0.5) is 5.69 Å². The summed E-state index contributed by atoms with van der Waals surface area (Å²) in [4.78, 5) is 4.28. The van der Waals surface area contributed by atoms with Crippen molar-refractivity contribution in [3.63, 3.8) is 0 Å². The molecule has 1 heterocycles. The third kappa shape index (κ3) is 2.40. The van der Waals surface area contributed by atoms with E-state index in [1.807, 2.05) is 48.5 Å². The maximum absolute atomic E-state index is 6.12. The van der Waals surface area contributed by atoms with Gasteiger partial charge in [0, 0.05) is 16.0 Å². The fourth-order valence-electron chi connectivity index (χ4n) is 2.06. The van der Waals surface area contributed by atoms with Gasteiger partial charge in [0.05, 0.1) is 17.4 Å². The van der Waals surface area contributed by atoms with Gasteiger partial charge in [-0.25, -0.2) is 0 Å². The molecular formula is C16H13ClN2O. The number of nitrogen functional groups attached to an aromatic ring is 1. The van der Waals surface area contributed by atoms with Crippen molar-refractivity contribution < 1.29 is 4.74 Å². The number of nitrogens with two attached hydrogens (primary N) is 1. The standard InChI is InChI=1S/C16H13ClN2O/c17-13-7-3-1-5-11(13)10-20-16-12-6-2-4-8-15(12)19-9-14(16)18/h1-9H,10,18H2. The number of hydrogen-bond acceptors (Lipinski definition) is 3. The van der Waals surface area contributed by atoms with Gasteiger partial charge in [0.15, 0.2) is 5.75 Å². The van der Waals surface area contributed by atoms with Crippen LogP contribution in [0.15, 0.2) is 54.7 Å². The number of pyridine rings is 1. The minimum atomic E-state index is 0.373. The Hall–Kier alpha value is -2.26. The van der Waals surface area contributed by atoms with Gasteiger partial charge in [0.2, 0.25) is 0 Å². The van der Waals surface area contributed by atoms with Crippen LogP contribution in [0.2, 0.25) is 5.02 Å². The van der Waals surface area contributed by atoms with Gasteiger partial charge < -0.3 is 10.5 Å². The third-order valence-electron chi connectivity index (χ3n) is 3.08. The maximum atomic E-state index is 6.12. The first-order valence-electron chi connectivity index (χ1n) is 6.25. The average Bonchev–Trinajstić information content (AvgIpc) is 2.48. The fourth-order valence-corrected chi connectivity index (χ4v) is 2.25. The molecule has 20 heavy (non-hydrogen) atoms. The number of rotatable bonds is 3. The number of fused-ring (bicyclic) bond motifs is 1. The summed E-state index contributed by atoms with van der Waals surface area (Å²) < 4.78 is 5.87. The lowest BCUT2D eigenvalue weighted by Crippen LogP contribution is -2.01.